The molecule has 3 atom stereocenters. The smallest absolute Gasteiger partial charge is 0.246 e. The molecule has 5 N–H and O–H groups in total. The van der Waals surface area contributed by atoms with Crippen LogP contribution in [0.2, 0.25) is 0 Å². The van der Waals surface area contributed by atoms with Gasteiger partial charge in [-0.3, -0.25) is 14.3 Å². The van der Waals surface area contributed by atoms with Crippen LogP contribution in [0.4, 0.5) is 5.82 Å². The lowest BCUT2D eigenvalue weighted by atomic mass is 9.77. The number of para-hydroxylation sites is 1. The molecule has 2 aliphatic heterocycles. The maximum atomic E-state index is 13.4. The van der Waals surface area contributed by atoms with Crippen LogP contribution in [0.1, 0.15) is 65.8 Å². The number of aliphatic hydroxyl groups excluding tert-OH is 1. The number of aromatic nitrogens is 4. The molecule has 0 spiro atoms. The molecule has 46 heavy (non-hydrogen) atoms. The number of rotatable bonds is 7. The standard InChI is InChI=1S/C34H46N8O4/c1-20-13-25(43)19-41(20)33(46)30(34(2,3)4)37-32(45)21-14-24(15-21)40-11-9-23(10-12-40)42-18-22(17-36-42)27-16-28(38-39-31(27)35)26-7-5-6-8-29(26)44/h5-8,16-18,20-21,23-25,30,43-44H,9-15,19H2,1-4H3,(H2,35,39)(H,37,45)/t20-,21?,24?,25-,30-/m1/s1. The summed E-state index contributed by atoms with van der Waals surface area (Å²) in [7, 11) is 0. The number of aliphatic hydroxyl groups is 1. The largest absolute Gasteiger partial charge is 0.507 e. The second-order valence-corrected chi connectivity index (χ2v) is 14.4. The Hall–Kier alpha value is -4.03. The first-order valence-corrected chi connectivity index (χ1v) is 16.4. The number of anilines is 1. The second-order valence-electron chi connectivity index (χ2n) is 14.4. The molecular weight excluding hydrogens is 584 g/mol. The Morgan fingerprint density at radius 3 is 2.41 bits per heavy atom. The lowest BCUT2D eigenvalue weighted by molar-refractivity contribution is -0.142. The van der Waals surface area contributed by atoms with E-state index in [-0.39, 0.29) is 35.6 Å². The van der Waals surface area contributed by atoms with Gasteiger partial charge < -0.3 is 31.1 Å². The zero-order valence-corrected chi connectivity index (χ0v) is 27.1. The van der Waals surface area contributed by atoms with Crippen molar-refractivity contribution in [2.24, 2.45) is 11.3 Å². The average molecular weight is 631 g/mol. The molecular formula is C34H46N8O4. The van der Waals surface area contributed by atoms with Crippen molar-refractivity contribution in [3.63, 3.8) is 0 Å². The van der Waals surface area contributed by atoms with E-state index in [4.69, 9.17) is 5.73 Å². The minimum Gasteiger partial charge on any atom is -0.507 e. The van der Waals surface area contributed by atoms with Gasteiger partial charge in [-0.1, -0.05) is 32.9 Å². The van der Waals surface area contributed by atoms with Crippen LogP contribution in [0, 0.1) is 11.3 Å². The number of nitrogens with zero attached hydrogens (tertiary/aromatic N) is 6. The summed E-state index contributed by atoms with van der Waals surface area (Å²) in [6.45, 7) is 10.0. The SMILES string of the molecule is C[C@@H]1C[C@@H](O)CN1C(=O)[C@@H](NC(=O)C1CC(N2CCC(n3cc(-c4cc(-c5ccccc5O)nnc4N)cn3)CC2)C1)C(C)(C)C. The van der Waals surface area contributed by atoms with E-state index in [1.54, 1.807) is 29.3 Å². The van der Waals surface area contributed by atoms with Crippen LogP contribution in [0.3, 0.4) is 0 Å². The average Bonchev–Trinajstić information content (AvgIpc) is 3.61. The molecule has 3 aromatic rings. The number of likely N-dealkylation sites (tertiary alicyclic amines) is 2. The molecule has 1 aromatic carbocycles. The van der Waals surface area contributed by atoms with Crippen LogP contribution in [-0.2, 0) is 9.59 Å². The molecule has 4 heterocycles. The third kappa shape index (κ3) is 6.46. The van der Waals surface area contributed by atoms with Crippen molar-refractivity contribution in [2.75, 3.05) is 25.4 Å². The van der Waals surface area contributed by atoms with Crippen LogP contribution in [0.5, 0.6) is 5.75 Å². The number of benzene rings is 1. The van der Waals surface area contributed by atoms with Gasteiger partial charge in [-0.15, -0.1) is 10.2 Å². The number of phenolic OH excluding ortho intramolecular Hbond substituents is 1. The van der Waals surface area contributed by atoms with E-state index in [0.717, 1.165) is 49.9 Å². The van der Waals surface area contributed by atoms with Gasteiger partial charge in [0.15, 0.2) is 5.82 Å². The van der Waals surface area contributed by atoms with Crippen LogP contribution < -0.4 is 11.1 Å². The number of β-amino-alcohol motifs (C(OH)–C–C–N with tert-alkyl or cyclic N) is 1. The number of carbonyl (C=O) groups is 2. The molecule has 246 valence electrons. The van der Waals surface area contributed by atoms with Crippen LogP contribution in [0.25, 0.3) is 22.4 Å². The first-order valence-electron chi connectivity index (χ1n) is 16.4. The summed E-state index contributed by atoms with van der Waals surface area (Å²) >= 11 is 0. The minimum atomic E-state index is -0.628. The number of aromatic hydroxyl groups is 1. The van der Waals surface area contributed by atoms with Gasteiger partial charge in [-0.25, -0.2) is 0 Å². The van der Waals surface area contributed by atoms with E-state index in [0.29, 0.717) is 36.1 Å². The van der Waals surface area contributed by atoms with Crippen molar-refractivity contribution in [3.8, 4) is 28.1 Å². The lowest BCUT2D eigenvalue weighted by Gasteiger charge is -2.45. The fourth-order valence-electron chi connectivity index (χ4n) is 7.13. The van der Waals surface area contributed by atoms with Crippen molar-refractivity contribution in [1.82, 2.24) is 35.1 Å². The van der Waals surface area contributed by atoms with Crippen molar-refractivity contribution < 1.29 is 19.8 Å². The number of hydrogen-bond donors (Lipinski definition) is 4. The fourth-order valence-corrected chi connectivity index (χ4v) is 7.13. The molecule has 0 bridgehead atoms. The quantitative estimate of drug-likeness (QED) is 0.307. The van der Waals surface area contributed by atoms with Gasteiger partial charge >= 0.3 is 0 Å². The van der Waals surface area contributed by atoms with E-state index in [9.17, 15) is 19.8 Å². The first-order chi connectivity index (χ1) is 21.9. The van der Waals surface area contributed by atoms with Crippen LogP contribution >= 0.6 is 0 Å². The first kappa shape index (κ1) is 31.9. The molecule has 3 fully saturated rings. The number of nitrogens with one attached hydrogen (secondary N) is 1. The van der Waals surface area contributed by atoms with Crippen molar-refractivity contribution in [2.45, 2.75) is 90.1 Å². The summed E-state index contributed by atoms with van der Waals surface area (Å²) in [6.07, 6.45) is 7.33. The molecule has 2 aromatic heterocycles. The number of phenols is 1. The highest BCUT2D eigenvalue weighted by atomic mass is 16.3. The zero-order valence-electron chi connectivity index (χ0n) is 27.1. The molecule has 2 saturated heterocycles. The fraction of sp³-hybridized carbons (Fsp3) is 0.559. The molecule has 0 unspecified atom stereocenters. The van der Waals surface area contributed by atoms with Gasteiger partial charge in [-0.05, 0) is 62.6 Å². The number of piperidine rings is 1. The Kier molecular flexibility index (Phi) is 8.77. The van der Waals surface area contributed by atoms with Crippen molar-refractivity contribution in [1.29, 1.82) is 0 Å². The van der Waals surface area contributed by atoms with E-state index in [2.05, 4.69) is 25.5 Å². The Labute approximate surface area is 270 Å². The predicted octanol–water partition coefficient (Wildman–Crippen LogP) is 3.22. The number of nitrogen functional groups attached to an aromatic ring is 1. The normalized spacial score (nSPS) is 24.8. The topological polar surface area (TPSA) is 163 Å². The molecule has 1 aliphatic carbocycles. The third-order valence-corrected chi connectivity index (χ3v) is 10.0. The van der Waals surface area contributed by atoms with Gasteiger partial charge in [-0.2, -0.15) is 5.10 Å². The molecule has 12 nitrogen and oxygen atoms in total. The van der Waals surface area contributed by atoms with Gasteiger partial charge in [0.2, 0.25) is 11.8 Å². The lowest BCUT2D eigenvalue weighted by Crippen LogP contribution is -2.59. The summed E-state index contributed by atoms with van der Waals surface area (Å²) in [4.78, 5) is 30.9. The molecule has 1 saturated carbocycles. The molecule has 0 radical (unpaired) electrons. The third-order valence-electron chi connectivity index (χ3n) is 10.0. The number of carbonyl (C=O) groups excluding carboxylic acids is 2. The van der Waals surface area contributed by atoms with E-state index in [1.165, 1.54) is 0 Å². The Morgan fingerprint density at radius 2 is 1.76 bits per heavy atom. The summed E-state index contributed by atoms with van der Waals surface area (Å²) in [5.74, 6) is 0.179. The maximum absolute atomic E-state index is 13.4. The summed E-state index contributed by atoms with van der Waals surface area (Å²) in [6, 6.07) is 8.78. The van der Waals surface area contributed by atoms with Crippen LogP contribution in [-0.4, -0.2) is 95.7 Å². The van der Waals surface area contributed by atoms with Crippen molar-refractivity contribution in [3.05, 3.63) is 42.7 Å². The van der Waals surface area contributed by atoms with Gasteiger partial charge in [0.25, 0.3) is 0 Å². The van der Waals surface area contributed by atoms with E-state index in [1.807, 2.05) is 50.7 Å². The highest BCUT2D eigenvalue weighted by Crippen LogP contribution is 2.37. The summed E-state index contributed by atoms with van der Waals surface area (Å²) in [5, 5.41) is 36.4. The summed E-state index contributed by atoms with van der Waals surface area (Å²) < 4.78 is 2.01. The number of hydrogen-bond acceptors (Lipinski definition) is 9. The number of nitrogens with two attached hydrogens (primary N) is 1. The van der Waals surface area contributed by atoms with E-state index < -0.39 is 17.6 Å². The summed E-state index contributed by atoms with van der Waals surface area (Å²) in [5.41, 5.74) is 8.45. The van der Waals surface area contributed by atoms with Crippen molar-refractivity contribution >= 4 is 17.6 Å². The maximum Gasteiger partial charge on any atom is 0.246 e. The van der Waals surface area contributed by atoms with Gasteiger partial charge in [0.1, 0.15) is 11.8 Å². The highest BCUT2D eigenvalue weighted by Gasteiger charge is 2.44. The van der Waals surface area contributed by atoms with Gasteiger partial charge in [0.05, 0.1) is 24.0 Å². The zero-order chi connectivity index (χ0) is 32.7. The highest BCUT2D eigenvalue weighted by molar-refractivity contribution is 5.90. The minimum absolute atomic E-state index is 0.0396. The van der Waals surface area contributed by atoms with Gasteiger partial charge in [0, 0.05) is 60.5 Å². The van der Waals surface area contributed by atoms with E-state index >= 15 is 0 Å². The predicted molar refractivity (Wildman–Crippen MR) is 174 cm³/mol. The molecule has 2 amide bonds. The number of amides is 2. The Bertz CT molecular complexity index is 1570. The molecule has 6 rings (SSSR count). The molecule has 12 heteroatoms. The Balaban J connectivity index is 1.02. The second kappa shape index (κ2) is 12.6. The molecule has 3 aliphatic rings. The van der Waals surface area contributed by atoms with Crippen LogP contribution in [0.15, 0.2) is 42.7 Å². The Morgan fingerprint density at radius 1 is 1.04 bits per heavy atom. The monoisotopic (exact) mass is 630 g/mol.